The first-order valence-electron chi connectivity index (χ1n) is 7.12. The van der Waals surface area contributed by atoms with Gasteiger partial charge in [0.05, 0.1) is 0 Å². The molecule has 112 valence electrons. The average Bonchev–Trinajstić information content (AvgIpc) is 2.34. The van der Waals surface area contributed by atoms with Crippen molar-refractivity contribution in [1.82, 2.24) is 5.32 Å². The summed E-state index contributed by atoms with van der Waals surface area (Å²) in [5.74, 6) is 0. The minimum atomic E-state index is -0.468. The number of carbonyl (C=O) groups is 1. The fraction of sp³-hybridized carbons (Fsp3) is 0.562. The van der Waals surface area contributed by atoms with E-state index in [1.165, 1.54) is 0 Å². The maximum Gasteiger partial charge on any atom is 0.407 e. The van der Waals surface area contributed by atoms with Crippen LogP contribution in [0, 0.1) is 0 Å². The molecule has 20 heavy (non-hydrogen) atoms. The third-order valence-corrected chi connectivity index (χ3v) is 2.79. The van der Waals surface area contributed by atoms with E-state index in [1.807, 2.05) is 45.0 Å². The molecular weight excluding hydrogens is 252 g/mol. The molecule has 0 spiro atoms. The molecule has 0 aliphatic rings. The van der Waals surface area contributed by atoms with E-state index in [2.05, 4.69) is 24.5 Å². The highest BCUT2D eigenvalue weighted by Gasteiger charge is 2.15. The number of alkyl carbamates (subject to hydrolysis) is 1. The Labute approximate surface area is 121 Å². The van der Waals surface area contributed by atoms with Crippen LogP contribution in [0.15, 0.2) is 24.3 Å². The second kappa shape index (κ2) is 7.17. The van der Waals surface area contributed by atoms with Crippen molar-refractivity contribution in [3.8, 4) is 0 Å². The molecule has 2 N–H and O–H groups in total. The van der Waals surface area contributed by atoms with Crippen molar-refractivity contribution in [2.24, 2.45) is 0 Å². The Morgan fingerprint density at radius 3 is 2.65 bits per heavy atom. The summed E-state index contributed by atoms with van der Waals surface area (Å²) in [6, 6.07) is 8.48. The number of hydrogen-bond acceptors (Lipinski definition) is 3. The van der Waals surface area contributed by atoms with Gasteiger partial charge in [0.15, 0.2) is 0 Å². The summed E-state index contributed by atoms with van der Waals surface area (Å²) in [5, 5.41) is 6.17. The number of nitrogens with one attached hydrogen (secondary N) is 2. The van der Waals surface area contributed by atoms with E-state index in [0.717, 1.165) is 17.7 Å². The fourth-order valence-corrected chi connectivity index (χ4v) is 1.65. The van der Waals surface area contributed by atoms with Crippen LogP contribution in [0.4, 0.5) is 10.5 Å². The number of anilines is 1. The summed E-state index contributed by atoms with van der Waals surface area (Å²) in [6.07, 6.45) is 0.679. The van der Waals surface area contributed by atoms with Crippen LogP contribution in [-0.4, -0.2) is 17.7 Å². The number of hydrogen-bond donors (Lipinski definition) is 2. The number of ether oxygens (including phenoxy) is 1. The van der Waals surface area contributed by atoms with Crippen LogP contribution in [0.25, 0.3) is 0 Å². The SMILES string of the molecule is CCC(C)Nc1cccc(CNC(=O)OC(C)(C)C)c1. The Kier molecular flexibility index (Phi) is 5.86. The predicted octanol–water partition coefficient (Wildman–Crippen LogP) is 3.92. The molecule has 0 aromatic heterocycles. The van der Waals surface area contributed by atoms with Gasteiger partial charge in [0.25, 0.3) is 0 Å². The molecule has 4 heteroatoms. The van der Waals surface area contributed by atoms with Crippen molar-refractivity contribution in [2.75, 3.05) is 5.32 Å². The second-order valence-corrected chi connectivity index (χ2v) is 6.01. The molecular formula is C16H26N2O2. The van der Waals surface area contributed by atoms with Crippen molar-refractivity contribution in [3.63, 3.8) is 0 Å². The summed E-state index contributed by atoms with van der Waals surface area (Å²) in [4.78, 5) is 11.6. The van der Waals surface area contributed by atoms with E-state index in [1.54, 1.807) is 0 Å². The largest absolute Gasteiger partial charge is 0.444 e. The molecule has 1 atom stereocenters. The normalized spacial score (nSPS) is 12.7. The van der Waals surface area contributed by atoms with Gasteiger partial charge >= 0.3 is 6.09 Å². The van der Waals surface area contributed by atoms with Gasteiger partial charge in [-0.15, -0.1) is 0 Å². The van der Waals surface area contributed by atoms with E-state index in [9.17, 15) is 4.79 Å². The van der Waals surface area contributed by atoms with Crippen molar-refractivity contribution < 1.29 is 9.53 Å². The Balaban J connectivity index is 2.52. The molecule has 0 radical (unpaired) electrons. The van der Waals surface area contributed by atoms with Crippen LogP contribution in [0.2, 0.25) is 0 Å². The summed E-state index contributed by atoms with van der Waals surface area (Å²) in [7, 11) is 0. The van der Waals surface area contributed by atoms with Crippen LogP contribution >= 0.6 is 0 Å². The van der Waals surface area contributed by atoms with Gasteiger partial charge in [0, 0.05) is 18.3 Å². The molecule has 1 amide bonds. The number of benzene rings is 1. The second-order valence-electron chi connectivity index (χ2n) is 6.01. The number of amides is 1. The van der Waals surface area contributed by atoms with Crippen LogP contribution in [-0.2, 0) is 11.3 Å². The fourth-order valence-electron chi connectivity index (χ4n) is 1.65. The molecule has 0 saturated carbocycles. The summed E-state index contributed by atoms with van der Waals surface area (Å²) >= 11 is 0. The average molecular weight is 278 g/mol. The number of rotatable bonds is 5. The van der Waals surface area contributed by atoms with E-state index in [0.29, 0.717) is 12.6 Å². The number of carbonyl (C=O) groups excluding carboxylic acids is 1. The minimum Gasteiger partial charge on any atom is -0.444 e. The van der Waals surface area contributed by atoms with Crippen LogP contribution in [0.3, 0.4) is 0 Å². The molecule has 0 heterocycles. The van der Waals surface area contributed by atoms with E-state index < -0.39 is 11.7 Å². The van der Waals surface area contributed by atoms with Gasteiger partial charge in [-0.2, -0.15) is 0 Å². The highest BCUT2D eigenvalue weighted by atomic mass is 16.6. The van der Waals surface area contributed by atoms with Crippen molar-refractivity contribution >= 4 is 11.8 Å². The standard InChI is InChI=1S/C16H26N2O2/c1-6-12(2)18-14-9-7-8-13(10-14)11-17-15(19)20-16(3,4)5/h7-10,12,18H,6,11H2,1-5H3,(H,17,19). The lowest BCUT2D eigenvalue weighted by atomic mass is 10.1. The van der Waals surface area contributed by atoms with Gasteiger partial charge in [-0.25, -0.2) is 4.79 Å². The lowest BCUT2D eigenvalue weighted by Crippen LogP contribution is -2.32. The maximum absolute atomic E-state index is 11.6. The highest BCUT2D eigenvalue weighted by Crippen LogP contribution is 2.13. The third-order valence-electron chi connectivity index (χ3n) is 2.79. The van der Waals surface area contributed by atoms with Crippen molar-refractivity contribution in [1.29, 1.82) is 0 Å². The molecule has 0 saturated heterocycles. The monoisotopic (exact) mass is 278 g/mol. The zero-order valence-electron chi connectivity index (χ0n) is 13.1. The van der Waals surface area contributed by atoms with E-state index in [4.69, 9.17) is 4.74 Å². The zero-order chi connectivity index (χ0) is 15.2. The molecule has 0 aliphatic carbocycles. The Bertz CT molecular complexity index is 438. The lowest BCUT2D eigenvalue weighted by Gasteiger charge is -2.20. The minimum absolute atomic E-state index is 0.391. The first kappa shape index (κ1) is 16.3. The summed E-state index contributed by atoms with van der Waals surface area (Å²) in [6.45, 7) is 10.3. The Hall–Kier alpha value is -1.71. The van der Waals surface area contributed by atoms with Crippen molar-refractivity contribution in [3.05, 3.63) is 29.8 Å². The van der Waals surface area contributed by atoms with Gasteiger partial charge in [0.1, 0.15) is 5.60 Å². The van der Waals surface area contributed by atoms with Gasteiger partial charge < -0.3 is 15.4 Å². The Morgan fingerprint density at radius 2 is 2.05 bits per heavy atom. The lowest BCUT2D eigenvalue weighted by molar-refractivity contribution is 0.0523. The topological polar surface area (TPSA) is 50.4 Å². The quantitative estimate of drug-likeness (QED) is 0.858. The molecule has 1 rings (SSSR count). The van der Waals surface area contributed by atoms with Gasteiger partial charge in [-0.1, -0.05) is 19.1 Å². The summed E-state index contributed by atoms with van der Waals surface area (Å²) in [5.41, 5.74) is 1.65. The smallest absolute Gasteiger partial charge is 0.407 e. The third kappa shape index (κ3) is 6.45. The van der Waals surface area contributed by atoms with Crippen LogP contribution < -0.4 is 10.6 Å². The predicted molar refractivity (Wildman–Crippen MR) is 82.9 cm³/mol. The van der Waals surface area contributed by atoms with Crippen LogP contribution in [0.1, 0.15) is 46.6 Å². The molecule has 0 fully saturated rings. The van der Waals surface area contributed by atoms with E-state index >= 15 is 0 Å². The first-order chi connectivity index (χ1) is 9.30. The van der Waals surface area contributed by atoms with Gasteiger partial charge in [-0.05, 0) is 51.8 Å². The van der Waals surface area contributed by atoms with E-state index in [-0.39, 0.29) is 0 Å². The van der Waals surface area contributed by atoms with Gasteiger partial charge in [0.2, 0.25) is 0 Å². The zero-order valence-corrected chi connectivity index (χ0v) is 13.1. The molecule has 1 unspecified atom stereocenters. The first-order valence-corrected chi connectivity index (χ1v) is 7.12. The van der Waals surface area contributed by atoms with Crippen molar-refractivity contribution in [2.45, 2.75) is 59.2 Å². The maximum atomic E-state index is 11.6. The Morgan fingerprint density at radius 1 is 1.35 bits per heavy atom. The molecule has 1 aromatic rings. The molecule has 0 bridgehead atoms. The summed E-state index contributed by atoms with van der Waals surface area (Å²) < 4.78 is 5.21. The van der Waals surface area contributed by atoms with Crippen LogP contribution in [0.5, 0.6) is 0 Å². The molecule has 1 aromatic carbocycles. The van der Waals surface area contributed by atoms with Gasteiger partial charge in [-0.3, -0.25) is 0 Å². The molecule has 4 nitrogen and oxygen atoms in total. The molecule has 0 aliphatic heterocycles. The highest BCUT2D eigenvalue weighted by molar-refractivity contribution is 5.67.